The second-order valence-corrected chi connectivity index (χ2v) is 10.3. The molecular weight excluding hydrogens is 452 g/mol. The van der Waals surface area contributed by atoms with Crippen LogP contribution in [0.2, 0.25) is 0 Å². The van der Waals surface area contributed by atoms with E-state index in [2.05, 4.69) is 33.3 Å². The summed E-state index contributed by atoms with van der Waals surface area (Å²) in [6, 6.07) is 8.11. The molecule has 36 heavy (non-hydrogen) atoms. The predicted molar refractivity (Wildman–Crippen MR) is 143 cm³/mol. The second kappa shape index (κ2) is 10.7. The molecule has 1 saturated carbocycles. The number of benzene rings is 1. The third-order valence-corrected chi connectivity index (χ3v) is 7.43. The Morgan fingerprint density at radius 2 is 1.86 bits per heavy atom. The molecule has 1 amide bonds. The predicted octanol–water partition coefficient (Wildman–Crippen LogP) is 5.09. The minimum absolute atomic E-state index is 0.140. The van der Waals surface area contributed by atoms with Crippen molar-refractivity contribution in [3.8, 4) is 5.75 Å². The molecule has 1 aromatic carbocycles. The Balaban J connectivity index is 1.20. The van der Waals surface area contributed by atoms with Crippen LogP contribution in [0.5, 0.6) is 5.75 Å². The Bertz CT molecular complexity index is 1220. The molecule has 2 fully saturated rings. The van der Waals surface area contributed by atoms with Crippen molar-refractivity contribution in [1.29, 1.82) is 0 Å². The normalized spacial score (nSPS) is 16.9. The highest BCUT2D eigenvalue weighted by Gasteiger charge is 2.27. The minimum Gasteiger partial charge on any atom is -0.490 e. The summed E-state index contributed by atoms with van der Waals surface area (Å²) in [6.07, 6.45) is 11.0. The molecule has 8 nitrogen and oxygen atoms in total. The first kappa shape index (κ1) is 24.3. The van der Waals surface area contributed by atoms with E-state index < -0.39 is 0 Å². The minimum atomic E-state index is 0.140. The molecule has 1 aliphatic heterocycles. The Morgan fingerprint density at radius 3 is 2.58 bits per heavy atom. The van der Waals surface area contributed by atoms with Crippen LogP contribution >= 0.6 is 0 Å². The second-order valence-electron chi connectivity index (χ2n) is 10.3. The highest BCUT2D eigenvalue weighted by Crippen LogP contribution is 2.31. The number of piperidine rings is 1. The van der Waals surface area contributed by atoms with Crippen LogP contribution in [0.3, 0.4) is 0 Å². The number of likely N-dealkylation sites (tertiary alicyclic amines) is 1. The van der Waals surface area contributed by atoms with E-state index in [1.165, 1.54) is 25.7 Å². The quantitative estimate of drug-likeness (QED) is 0.496. The lowest BCUT2D eigenvalue weighted by Crippen LogP contribution is -2.42. The smallest absolute Gasteiger partial charge is 0.222 e. The van der Waals surface area contributed by atoms with Gasteiger partial charge in [0.15, 0.2) is 0 Å². The lowest BCUT2D eigenvalue weighted by Gasteiger charge is -2.33. The van der Waals surface area contributed by atoms with E-state index in [-0.39, 0.29) is 6.10 Å². The molecule has 0 radical (unpaired) electrons. The van der Waals surface area contributed by atoms with Gasteiger partial charge in [0, 0.05) is 57.5 Å². The Morgan fingerprint density at radius 1 is 1.08 bits per heavy atom. The molecule has 8 heteroatoms. The summed E-state index contributed by atoms with van der Waals surface area (Å²) in [5.74, 6) is 3.42. The molecule has 190 valence electrons. The van der Waals surface area contributed by atoms with Crippen LogP contribution in [0.15, 0.2) is 36.8 Å². The summed E-state index contributed by atoms with van der Waals surface area (Å²) >= 11 is 0. The molecule has 1 aliphatic carbocycles. The van der Waals surface area contributed by atoms with E-state index in [0.717, 1.165) is 71.9 Å². The molecule has 0 spiro atoms. The van der Waals surface area contributed by atoms with Crippen molar-refractivity contribution in [3.05, 3.63) is 42.4 Å². The van der Waals surface area contributed by atoms with Crippen LogP contribution < -0.4 is 15.0 Å². The SMILES string of the molecule is Cc1cc(Nc2ncnc3cnc(N(C)C)cc23)ccc1OC1CCN(C(=O)CC2CCCC2)CC1. The molecule has 1 saturated heterocycles. The van der Waals surface area contributed by atoms with Gasteiger partial charge in [0.25, 0.3) is 0 Å². The maximum absolute atomic E-state index is 12.7. The van der Waals surface area contributed by atoms with Crippen molar-refractivity contribution >= 4 is 34.1 Å². The van der Waals surface area contributed by atoms with Gasteiger partial charge in [-0.1, -0.05) is 12.8 Å². The van der Waals surface area contributed by atoms with Gasteiger partial charge in [-0.3, -0.25) is 4.79 Å². The summed E-state index contributed by atoms with van der Waals surface area (Å²) in [6.45, 7) is 3.64. The fourth-order valence-electron chi connectivity index (χ4n) is 5.28. The van der Waals surface area contributed by atoms with Gasteiger partial charge in [0.2, 0.25) is 5.91 Å². The number of aryl methyl sites for hydroxylation is 1. The van der Waals surface area contributed by atoms with Gasteiger partial charge in [-0.15, -0.1) is 0 Å². The van der Waals surface area contributed by atoms with Crippen LogP contribution in [-0.2, 0) is 4.79 Å². The highest BCUT2D eigenvalue weighted by atomic mass is 16.5. The zero-order chi connectivity index (χ0) is 25.1. The fraction of sp³-hybridized carbons (Fsp3) is 0.500. The van der Waals surface area contributed by atoms with Crippen LogP contribution in [0.25, 0.3) is 10.9 Å². The van der Waals surface area contributed by atoms with Gasteiger partial charge in [-0.2, -0.15) is 0 Å². The standard InChI is InChI=1S/C28H36N6O2/c1-19-14-21(32-28-23-16-26(33(2)3)29-17-24(23)30-18-31-28)8-9-25(19)36-22-10-12-34(13-11-22)27(35)15-20-6-4-5-7-20/h8-9,14,16-18,20,22H,4-7,10-13,15H2,1-3H3,(H,30,31,32). The molecule has 3 aromatic rings. The van der Waals surface area contributed by atoms with E-state index in [1.807, 2.05) is 42.1 Å². The molecule has 3 heterocycles. The molecule has 0 unspecified atom stereocenters. The first-order valence-electron chi connectivity index (χ1n) is 13.1. The number of aromatic nitrogens is 3. The maximum Gasteiger partial charge on any atom is 0.222 e. The van der Waals surface area contributed by atoms with E-state index in [1.54, 1.807) is 12.5 Å². The van der Waals surface area contributed by atoms with Crippen LogP contribution in [0.4, 0.5) is 17.3 Å². The zero-order valence-corrected chi connectivity index (χ0v) is 21.5. The van der Waals surface area contributed by atoms with E-state index >= 15 is 0 Å². The maximum atomic E-state index is 12.7. The number of hydrogen-bond acceptors (Lipinski definition) is 7. The number of carbonyl (C=O) groups excluding carboxylic acids is 1. The van der Waals surface area contributed by atoms with Gasteiger partial charge in [0.1, 0.15) is 29.8 Å². The lowest BCUT2D eigenvalue weighted by molar-refractivity contribution is -0.134. The number of nitrogens with one attached hydrogen (secondary N) is 1. The van der Waals surface area contributed by atoms with Crippen molar-refractivity contribution < 1.29 is 9.53 Å². The van der Waals surface area contributed by atoms with Crippen molar-refractivity contribution in [2.45, 2.75) is 58.0 Å². The molecule has 0 bridgehead atoms. The zero-order valence-electron chi connectivity index (χ0n) is 21.5. The van der Waals surface area contributed by atoms with Crippen LogP contribution in [0, 0.1) is 12.8 Å². The Hall–Kier alpha value is -3.42. The van der Waals surface area contributed by atoms with E-state index in [9.17, 15) is 4.79 Å². The van der Waals surface area contributed by atoms with Crippen molar-refractivity contribution in [2.75, 3.05) is 37.4 Å². The number of hydrogen-bond donors (Lipinski definition) is 1. The Kier molecular flexibility index (Phi) is 7.20. The summed E-state index contributed by atoms with van der Waals surface area (Å²) in [7, 11) is 3.93. The third kappa shape index (κ3) is 5.53. The number of rotatable bonds is 7. The summed E-state index contributed by atoms with van der Waals surface area (Å²) in [5.41, 5.74) is 2.80. The third-order valence-electron chi connectivity index (χ3n) is 7.43. The lowest BCUT2D eigenvalue weighted by atomic mass is 10.0. The number of amides is 1. The number of fused-ring (bicyclic) bond motifs is 1. The molecule has 2 aliphatic rings. The van der Waals surface area contributed by atoms with Gasteiger partial charge in [-0.25, -0.2) is 15.0 Å². The highest BCUT2D eigenvalue weighted by molar-refractivity contribution is 5.91. The summed E-state index contributed by atoms with van der Waals surface area (Å²) in [4.78, 5) is 29.9. The van der Waals surface area contributed by atoms with Crippen molar-refractivity contribution in [3.63, 3.8) is 0 Å². The number of pyridine rings is 1. The molecule has 0 atom stereocenters. The van der Waals surface area contributed by atoms with E-state index in [0.29, 0.717) is 11.8 Å². The first-order chi connectivity index (χ1) is 17.5. The van der Waals surface area contributed by atoms with Crippen LogP contribution in [0.1, 0.15) is 50.5 Å². The van der Waals surface area contributed by atoms with Crippen LogP contribution in [-0.4, -0.2) is 59.0 Å². The topological polar surface area (TPSA) is 83.5 Å². The van der Waals surface area contributed by atoms with Gasteiger partial charge in [-0.05, 0) is 55.5 Å². The number of carbonyl (C=O) groups is 1. The van der Waals surface area contributed by atoms with Gasteiger partial charge >= 0.3 is 0 Å². The number of nitrogens with zero attached hydrogens (tertiary/aromatic N) is 5. The van der Waals surface area contributed by atoms with Crippen molar-refractivity contribution in [2.24, 2.45) is 5.92 Å². The molecular formula is C28H36N6O2. The van der Waals surface area contributed by atoms with E-state index in [4.69, 9.17) is 4.74 Å². The first-order valence-corrected chi connectivity index (χ1v) is 13.1. The van der Waals surface area contributed by atoms with Crippen molar-refractivity contribution in [1.82, 2.24) is 19.9 Å². The monoisotopic (exact) mass is 488 g/mol. The number of ether oxygens (including phenoxy) is 1. The largest absolute Gasteiger partial charge is 0.490 e. The summed E-state index contributed by atoms with van der Waals surface area (Å²) < 4.78 is 6.36. The average molecular weight is 489 g/mol. The Labute approximate surface area is 213 Å². The molecule has 2 aromatic heterocycles. The van der Waals surface area contributed by atoms with Gasteiger partial charge < -0.3 is 19.9 Å². The average Bonchev–Trinajstić information content (AvgIpc) is 3.39. The van der Waals surface area contributed by atoms with Gasteiger partial charge in [0.05, 0.1) is 11.7 Å². The number of anilines is 3. The fourth-order valence-corrected chi connectivity index (χ4v) is 5.28. The molecule has 1 N–H and O–H groups in total. The summed E-state index contributed by atoms with van der Waals surface area (Å²) in [5, 5.41) is 4.36. The molecule has 5 rings (SSSR count).